The molecular formula is C13H22ClN5. The second-order valence-electron chi connectivity index (χ2n) is 5.61. The van der Waals surface area contributed by atoms with E-state index in [0.29, 0.717) is 0 Å². The van der Waals surface area contributed by atoms with Gasteiger partial charge >= 0.3 is 0 Å². The molecule has 2 saturated heterocycles. The molecule has 106 valence electrons. The Kier molecular flexibility index (Phi) is 3.80. The molecule has 0 atom stereocenters. The number of hydrogen-bond donors (Lipinski definition) is 1. The summed E-state index contributed by atoms with van der Waals surface area (Å²) in [5.41, 5.74) is 2.24. The van der Waals surface area contributed by atoms with E-state index in [2.05, 4.69) is 20.2 Å². The van der Waals surface area contributed by atoms with Crippen LogP contribution in [-0.4, -0.2) is 64.9 Å². The number of hydrogen-bond acceptors (Lipinski definition) is 4. The molecule has 0 bridgehead atoms. The van der Waals surface area contributed by atoms with Gasteiger partial charge < -0.3 is 5.32 Å². The van der Waals surface area contributed by atoms with Crippen LogP contribution in [0.25, 0.3) is 0 Å². The Balaban J connectivity index is 1.53. The maximum absolute atomic E-state index is 6.28. The van der Waals surface area contributed by atoms with Gasteiger partial charge in [0.25, 0.3) is 0 Å². The molecule has 2 aliphatic rings. The number of halogens is 1. The number of piperazine rings is 1. The van der Waals surface area contributed by atoms with Crippen molar-refractivity contribution in [1.29, 1.82) is 0 Å². The van der Waals surface area contributed by atoms with Gasteiger partial charge in [0.1, 0.15) is 5.15 Å². The van der Waals surface area contributed by atoms with Crippen LogP contribution in [0.1, 0.15) is 11.3 Å². The highest BCUT2D eigenvalue weighted by molar-refractivity contribution is 6.30. The Morgan fingerprint density at radius 2 is 2.00 bits per heavy atom. The highest BCUT2D eigenvalue weighted by Gasteiger charge is 2.33. The fraction of sp³-hybridized carbons (Fsp3) is 0.769. The van der Waals surface area contributed by atoms with Crippen LogP contribution in [0.2, 0.25) is 5.15 Å². The first kappa shape index (κ1) is 13.4. The highest BCUT2D eigenvalue weighted by Crippen LogP contribution is 2.24. The zero-order valence-corrected chi connectivity index (χ0v) is 12.4. The van der Waals surface area contributed by atoms with Crippen LogP contribution in [0, 0.1) is 6.92 Å². The Morgan fingerprint density at radius 1 is 1.32 bits per heavy atom. The second-order valence-corrected chi connectivity index (χ2v) is 5.97. The summed E-state index contributed by atoms with van der Waals surface area (Å²) in [4.78, 5) is 5.06. The SMILES string of the molecule is Cc1nn(C)c(Cl)c1CN1CC(N2CCNCC2)C1. The second kappa shape index (κ2) is 5.40. The fourth-order valence-electron chi connectivity index (χ4n) is 3.03. The molecule has 0 radical (unpaired) electrons. The molecule has 5 nitrogen and oxygen atoms in total. The summed E-state index contributed by atoms with van der Waals surface area (Å²) in [5, 5.41) is 8.55. The van der Waals surface area contributed by atoms with Crippen LogP contribution in [0.4, 0.5) is 0 Å². The number of aromatic nitrogens is 2. The van der Waals surface area contributed by atoms with Crippen molar-refractivity contribution >= 4 is 11.6 Å². The molecule has 0 unspecified atom stereocenters. The highest BCUT2D eigenvalue weighted by atomic mass is 35.5. The predicted molar refractivity (Wildman–Crippen MR) is 76.5 cm³/mol. The lowest BCUT2D eigenvalue weighted by molar-refractivity contribution is 0.0222. The minimum Gasteiger partial charge on any atom is -0.314 e. The average molecular weight is 284 g/mol. The van der Waals surface area contributed by atoms with E-state index in [1.807, 2.05) is 14.0 Å². The number of nitrogens with zero attached hydrogens (tertiary/aromatic N) is 4. The van der Waals surface area contributed by atoms with Gasteiger partial charge in [-0.2, -0.15) is 5.10 Å². The largest absolute Gasteiger partial charge is 0.314 e. The molecular weight excluding hydrogens is 262 g/mol. The third-order valence-corrected chi connectivity index (χ3v) is 4.73. The molecule has 3 rings (SSSR count). The monoisotopic (exact) mass is 283 g/mol. The minimum atomic E-state index is 0.734. The summed E-state index contributed by atoms with van der Waals surface area (Å²) in [6, 6.07) is 0.734. The normalized spacial score (nSPS) is 22.7. The van der Waals surface area contributed by atoms with E-state index in [1.54, 1.807) is 4.68 Å². The maximum atomic E-state index is 6.28. The standard InChI is InChI=1S/C13H22ClN5/c1-10-12(13(14)17(2)16-10)9-18-7-11(8-18)19-5-3-15-4-6-19/h11,15H,3-9H2,1-2H3. The summed E-state index contributed by atoms with van der Waals surface area (Å²) >= 11 is 6.28. The van der Waals surface area contributed by atoms with E-state index < -0.39 is 0 Å². The molecule has 1 aromatic heterocycles. The van der Waals surface area contributed by atoms with Crippen LogP contribution in [-0.2, 0) is 13.6 Å². The third-order valence-electron chi connectivity index (χ3n) is 4.26. The number of aryl methyl sites for hydroxylation is 2. The van der Waals surface area contributed by atoms with Gasteiger partial charge in [0.2, 0.25) is 0 Å². The lowest BCUT2D eigenvalue weighted by atomic mass is 10.0. The van der Waals surface area contributed by atoms with E-state index in [0.717, 1.165) is 49.6 Å². The van der Waals surface area contributed by atoms with E-state index in [9.17, 15) is 0 Å². The molecule has 2 aliphatic heterocycles. The van der Waals surface area contributed by atoms with Crippen molar-refractivity contribution in [3.63, 3.8) is 0 Å². The van der Waals surface area contributed by atoms with Gasteiger partial charge in [-0.3, -0.25) is 14.5 Å². The Hall–Kier alpha value is -0.620. The van der Waals surface area contributed by atoms with E-state index >= 15 is 0 Å². The maximum Gasteiger partial charge on any atom is 0.131 e. The van der Waals surface area contributed by atoms with Crippen molar-refractivity contribution in [3.8, 4) is 0 Å². The van der Waals surface area contributed by atoms with Gasteiger partial charge in [0.05, 0.1) is 5.69 Å². The average Bonchev–Trinajstić information content (AvgIpc) is 2.60. The van der Waals surface area contributed by atoms with E-state index in [1.165, 1.54) is 18.7 Å². The van der Waals surface area contributed by atoms with E-state index in [-0.39, 0.29) is 0 Å². The smallest absolute Gasteiger partial charge is 0.131 e. The van der Waals surface area contributed by atoms with Crippen LogP contribution in [0.3, 0.4) is 0 Å². The fourth-order valence-corrected chi connectivity index (χ4v) is 3.26. The zero-order valence-electron chi connectivity index (χ0n) is 11.7. The molecule has 19 heavy (non-hydrogen) atoms. The molecule has 0 saturated carbocycles. The van der Waals surface area contributed by atoms with Gasteiger partial charge in [-0.25, -0.2) is 0 Å². The first-order chi connectivity index (χ1) is 9.15. The zero-order chi connectivity index (χ0) is 13.4. The molecule has 2 fully saturated rings. The van der Waals surface area contributed by atoms with Crippen molar-refractivity contribution in [2.45, 2.75) is 19.5 Å². The van der Waals surface area contributed by atoms with Gasteiger partial charge in [-0.05, 0) is 6.92 Å². The molecule has 1 aromatic rings. The Bertz CT molecular complexity index is 446. The molecule has 0 aromatic carbocycles. The quantitative estimate of drug-likeness (QED) is 0.875. The van der Waals surface area contributed by atoms with Crippen LogP contribution in [0.5, 0.6) is 0 Å². The predicted octanol–water partition coefficient (Wildman–Crippen LogP) is 0.471. The van der Waals surface area contributed by atoms with Crippen LogP contribution < -0.4 is 5.32 Å². The number of likely N-dealkylation sites (tertiary alicyclic amines) is 1. The van der Waals surface area contributed by atoms with Crippen molar-refractivity contribution in [3.05, 3.63) is 16.4 Å². The number of nitrogens with one attached hydrogen (secondary N) is 1. The minimum absolute atomic E-state index is 0.734. The summed E-state index contributed by atoms with van der Waals surface area (Å²) < 4.78 is 1.76. The van der Waals surface area contributed by atoms with Crippen LogP contribution in [0.15, 0.2) is 0 Å². The van der Waals surface area contributed by atoms with Crippen molar-refractivity contribution in [1.82, 2.24) is 24.9 Å². The molecule has 1 N–H and O–H groups in total. The third kappa shape index (κ3) is 2.65. The lowest BCUT2D eigenvalue weighted by Gasteiger charge is -2.46. The van der Waals surface area contributed by atoms with Gasteiger partial charge in [0, 0.05) is 64.5 Å². The number of rotatable bonds is 3. The Labute approximate surface area is 119 Å². The van der Waals surface area contributed by atoms with Crippen molar-refractivity contribution in [2.75, 3.05) is 39.3 Å². The van der Waals surface area contributed by atoms with Gasteiger partial charge in [0.15, 0.2) is 0 Å². The first-order valence-corrected chi connectivity index (χ1v) is 7.38. The molecule has 3 heterocycles. The van der Waals surface area contributed by atoms with E-state index in [4.69, 9.17) is 11.6 Å². The lowest BCUT2D eigenvalue weighted by Crippen LogP contribution is -2.62. The summed E-state index contributed by atoms with van der Waals surface area (Å²) in [6.45, 7) is 9.91. The summed E-state index contributed by atoms with van der Waals surface area (Å²) in [7, 11) is 1.90. The van der Waals surface area contributed by atoms with Gasteiger partial charge in [-0.1, -0.05) is 11.6 Å². The molecule has 6 heteroatoms. The summed E-state index contributed by atoms with van der Waals surface area (Å²) in [6.07, 6.45) is 0. The topological polar surface area (TPSA) is 36.3 Å². The first-order valence-electron chi connectivity index (χ1n) is 7.00. The molecule has 0 amide bonds. The molecule has 0 aliphatic carbocycles. The Morgan fingerprint density at radius 3 is 2.58 bits per heavy atom. The van der Waals surface area contributed by atoms with Gasteiger partial charge in [-0.15, -0.1) is 0 Å². The summed E-state index contributed by atoms with van der Waals surface area (Å²) in [5.74, 6) is 0. The molecule has 0 spiro atoms. The van der Waals surface area contributed by atoms with Crippen LogP contribution >= 0.6 is 11.6 Å². The van der Waals surface area contributed by atoms with Crippen molar-refractivity contribution in [2.24, 2.45) is 7.05 Å². The van der Waals surface area contributed by atoms with Crippen molar-refractivity contribution < 1.29 is 0 Å².